The second-order valence-corrected chi connectivity index (χ2v) is 3.29. The van der Waals surface area contributed by atoms with Crippen molar-refractivity contribution in [1.82, 2.24) is 10.3 Å². The van der Waals surface area contributed by atoms with E-state index >= 15 is 0 Å². The zero-order valence-corrected chi connectivity index (χ0v) is 9.05. The fraction of sp³-hybridized carbons (Fsp3) is 0. The third-order valence-electron chi connectivity index (χ3n) is 2.07. The molecule has 1 amide bonds. The first kappa shape index (κ1) is 10.9. The van der Waals surface area contributed by atoms with Crippen molar-refractivity contribution < 1.29 is 4.79 Å². The molecular formula is C14H10N2O. The number of nitrogens with one attached hydrogen (secondary N) is 1. The van der Waals surface area contributed by atoms with Crippen molar-refractivity contribution in [2.75, 3.05) is 0 Å². The van der Waals surface area contributed by atoms with Crippen LogP contribution in [0.5, 0.6) is 0 Å². The van der Waals surface area contributed by atoms with Crippen LogP contribution in [-0.4, -0.2) is 10.9 Å². The number of hydrogen-bond acceptors (Lipinski definition) is 2. The van der Waals surface area contributed by atoms with Gasteiger partial charge in [0.25, 0.3) is 5.91 Å². The van der Waals surface area contributed by atoms with Gasteiger partial charge in [-0.3, -0.25) is 10.1 Å². The normalized spacial score (nSPS) is 8.94. The number of benzene rings is 1. The maximum atomic E-state index is 11.6. The van der Waals surface area contributed by atoms with Crippen LogP contribution in [0.2, 0.25) is 0 Å². The standard InChI is InChI=1S/C14H10N2O/c17-14(12-6-2-1-3-7-12)16-11-9-13-8-4-5-10-15-13/h1-8,10H,(H,16,17). The molecule has 0 saturated carbocycles. The van der Waals surface area contributed by atoms with Gasteiger partial charge in [0.1, 0.15) is 5.69 Å². The SMILES string of the molecule is O=C(NC#Cc1ccccn1)c1ccccc1. The van der Waals surface area contributed by atoms with Gasteiger partial charge in [0, 0.05) is 17.8 Å². The Morgan fingerprint density at radius 3 is 2.53 bits per heavy atom. The van der Waals surface area contributed by atoms with Gasteiger partial charge in [0.15, 0.2) is 0 Å². The van der Waals surface area contributed by atoms with Crippen LogP contribution >= 0.6 is 0 Å². The minimum absolute atomic E-state index is 0.214. The van der Waals surface area contributed by atoms with Gasteiger partial charge in [-0.25, -0.2) is 4.98 Å². The molecule has 17 heavy (non-hydrogen) atoms. The average molecular weight is 222 g/mol. The van der Waals surface area contributed by atoms with Crippen molar-refractivity contribution in [3.63, 3.8) is 0 Å². The smallest absolute Gasteiger partial charge is 0.262 e. The van der Waals surface area contributed by atoms with Crippen LogP contribution in [-0.2, 0) is 0 Å². The Morgan fingerprint density at radius 1 is 1.06 bits per heavy atom. The molecule has 2 rings (SSSR count). The monoisotopic (exact) mass is 222 g/mol. The number of carbonyl (C=O) groups excluding carboxylic acids is 1. The van der Waals surface area contributed by atoms with E-state index in [9.17, 15) is 4.79 Å². The van der Waals surface area contributed by atoms with E-state index in [-0.39, 0.29) is 5.91 Å². The molecular weight excluding hydrogens is 212 g/mol. The summed E-state index contributed by atoms with van der Waals surface area (Å²) in [6, 6.07) is 17.0. The summed E-state index contributed by atoms with van der Waals surface area (Å²) >= 11 is 0. The largest absolute Gasteiger partial charge is 0.281 e. The van der Waals surface area contributed by atoms with Crippen LogP contribution in [0.1, 0.15) is 16.1 Å². The van der Waals surface area contributed by atoms with Gasteiger partial charge in [0.2, 0.25) is 0 Å². The predicted molar refractivity (Wildman–Crippen MR) is 65.0 cm³/mol. The fourth-order valence-electron chi connectivity index (χ4n) is 1.25. The summed E-state index contributed by atoms with van der Waals surface area (Å²) in [5.41, 5.74) is 1.21. The molecule has 0 saturated heterocycles. The van der Waals surface area contributed by atoms with Crippen molar-refractivity contribution in [3.8, 4) is 12.0 Å². The molecule has 0 bridgehead atoms. The zero-order valence-electron chi connectivity index (χ0n) is 9.05. The Kier molecular flexibility index (Phi) is 3.51. The topological polar surface area (TPSA) is 42.0 Å². The lowest BCUT2D eigenvalue weighted by atomic mass is 10.2. The minimum atomic E-state index is -0.214. The van der Waals surface area contributed by atoms with E-state index < -0.39 is 0 Å². The lowest BCUT2D eigenvalue weighted by Crippen LogP contribution is -2.17. The molecule has 0 radical (unpaired) electrons. The zero-order chi connectivity index (χ0) is 11.9. The van der Waals surface area contributed by atoms with Gasteiger partial charge in [-0.2, -0.15) is 0 Å². The Balaban J connectivity index is 2.00. The maximum Gasteiger partial charge on any atom is 0.262 e. The van der Waals surface area contributed by atoms with E-state index in [1.54, 1.807) is 36.5 Å². The molecule has 0 aliphatic rings. The molecule has 0 aliphatic heterocycles. The molecule has 0 fully saturated rings. The lowest BCUT2D eigenvalue weighted by Gasteiger charge is -1.96. The molecule has 0 spiro atoms. The molecule has 0 unspecified atom stereocenters. The van der Waals surface area contributed by atoms with Crippen molar-refractivity contribution in [2.45, 2.75) is 0 Å². The summed E-state index contributed by atoms with van der Waals surface area (Å²) in [7, 11) is 0. The Hall–Kier alpha value is -2.60. The van der Waals surface area contributed by atoms with E-state index in [0.29, 0.717) is 11.3 Å². The first-order valence-electron chi connectivity index (χ1n) is 5.14. The second-order valence-electron chi connectivity index (χ2n) is 3.29. The second kappa shape index (κ2) is 5.47. The van der Waals surface area contributed by atoms with E-state index in [1.807, 2.05) is 18.2 Å². The van der Waals surface area contributed by atoms with Crippen molar-refractivity contribution >= 4 is 5.91 Å². The summed E-state index contributed by atoms with van der Waals surface area (Å²) < 4.78 is 0. The number of carbonyl (C=O) groups is 1. The lowest BCUT2D eigenvalue weighted by molar-refractivity contribution is 0.0973. The van der Waals surface area contributed by atoms with Gasteiger partial charge < -0.3 is 0 Å². The first-order chi connectivity index (χ1) is 8.36. The highest BCUT2D eigenvalue weighted by atomic mass is 16.1. The van der Waals surface area contributed by atoms with Gasteiger partial charge in [-0.15, -0.1) is 0 Å². The molecule has 3 nitrogen and oxygen atoms in total. The van der Waals surface area contributed by atoms with Gasteiger partial charge in [-0.1, -0.05) is 24.3 Å². The van der Waals surface area contributed by atoms with Crippen LogP contribution in [0.3, 0.4) is 0 Å². The van der Waals surface area contributed by atoms with E-state index in [1.165, 1.54) is 0 Å². The molecule has 82 valence electrons. The molecule has 1 aromatic heterocycles. The van der Waals surface area contributed by atoms with Crippen LogP contribution in [0.25, 0.3) is 0 Å². The minimum Gasteiger partial charge on any atom is -0.281 e. The Morgan fingerprint density at radius 2 is 1.82 bits per heavy atom. The number of rotatable bonds is 1. The number of amides is 1. The highest BCUT2D eigenvalue weighted by Gasteiger charge is 2.00. The molecule has 0 atom stereocenters. The molecule has 1 aromatic carbocycles. The predicted octanol–water partition coefficient (Wildman–Crippen LogP) is 1.82. The number of aromatic nitrogens is 1. The number of hydrogen-bond donors (Lipinski definition) is 1. The highest BCUT2D eigenvalue weighted by Crippen LogP contribution is 1.97. The average Bonchev–Trinajstić information content (AvgIpc) is 2.41. The quantitative estimate of drug-likeness (QED) is 0.590. The highest BCUT2D eigenvalue weighted by molar-refractivity contribution is 5.95. The first-order valence-corrected chi connectivity index (χ1v) is 5.14. The summed E-state index contributed by atoms with van der Waals surface area (Å²) in [6.45, 7) is 0. The summed E-state index contributed by atoms with van der Waals surface area (Å²) in [4.78, 5) is 15.6. The summed E-state index contributed by atoms with van der Waals surface area (Å²) in [5, 5.41) is 2.51. The van der Waals surface area contributed by atoms with Gasteiger partial charge in [0.05, 0.1) is 0 Å². The molecule has 1 heterocycles. The van der Waals surface area contributed by atoms with Crippen molar-refractivity contribution in [3.05, 3.63) is 66.0 Å². The molecule has 0 aliphatic carbocycles. The van der Waals surface area contributed by atoms with Gasteiger partial charge in [-0.05, 0) is 30.2 Å². The Labute approximate surface area is 99.5 Å². The fourth-order valence-corrected chi connectivity index (χ4v) is 1.25. The molecule has 1 N–H and O–H groups in total. The maximum absolute atomic E-state index is 11.6. The summed E-state index contributed by atoms with van der Waals surface area (Å²) in [5.74, 6) is 2.54. The molecule has 3 heteroatoms. The van der Waals surface area contributed by atoms with Crippen LogP contribution < -0.4 is 5.32 Å². The van der Waals surface area contributed by atoms with Crippen LogP contribution in [0.15, 0.2) is 54.7 Å². The van der Waals surface area contributed by atoms with E-state index in [0.717, 1.165) is 0 Å². The van der Waals surface area contributed by atoms with E-state index in [2.05, 4.69) is 22.3 Å². The molecule has 2 aromatic rings. The summed E-state index contributed by atoms with van der Waals surface area (Å²) in [6.07, 6.45) is 1.66. The Bertz CT molecular complexity index is 553. The van der Waals surface area contributed by atoms with Crippen molar-refractivity contribution in [1.29, 1.82) is 0 Å². The number of pyridine rings is 1. The van der Waals surface area contributed by atoms with Crippen molar-refractivity contribution in [2.24, 2.45) is 0 Å². The third kappa shape index (κ3) is 3.18. The van der Waals surface area contributed by atoms with Crippen LogP contribution in [0.4, 0.5) is 0 Å². The van der Waals surface area contributed by atoms with E-state index in [4.69, 9.17) is 0 Å². The third-order valence-corrected chi connectivity index (χ3v) is 2.07. The van der Waals surface area contributed by atoms with Gasteiger partial charge >= 0.3 is 0 Å². The number of nitrogens with zero attached hydrogens (tertiary/aromatic N) is 1. The van der Waals surface area contributed by atoms with Crippen LogP contribution in [0, 0.1) is 12.0 Å².